The Labute approximate surface area is 158 Å². The summed E-state index contributed by atoms with van der Waals surface area (Å²) in [6.45, 7) is 2.07. The van der Waals surface area contributed by atoms with Crippen LogP contribution in [0.4, 0.5) is 0 Å². The molecule has 0 aliphatic rings. The highest BCUT2D eigenvalue weighted by Crippen LogP contribution is 2.28. The number of aryl methyl sites for hydroxylation is 1. The van der Waals surface area contributed by atoms with Crippen molar-refractivity contribution in [3.8, 4) is 33.9 Å². The molecule has 0 unspecified atom stereocenters. The van der Waals surface area contributed by atoms with Crippen LogP contribution < -0.4 is 0 Å². The van der Waals surface area contributed by atoms with Gasteiger partial charge in [0.15, 0.2) is 5.82 Å². The lowest BCUT2D eigenvalue weighted by Gasteiger charge is -2.09. The van der Waals surface area contributed by atoms with Gasteiger partial charge in [0.2, 0.25) is 0 Å². The molecule has 0 amide bonds. The highest BCUT2D eigenvalue weighted by molar-refractivity contribution is 6.30. The molecular formula is C23H17ClN2. The highest BCUT2D eigenvalue weighted by atomic mass is 35.5. The molecule has 126 valence electrons. The van der Waals surface area contributed by atoms with Crippen molar-refractivity contribution < 1.29 is 0 Å². The van der Waals surface area contributed by atoms with Crippen molar-refractivity contribution in [1.82, 2.24) is 9.97 Å². The zero-order valence-electron chi connectivity index (χ0n) is 14.4. The van der Waals surface area contributed by atoms with Gasteiger partial charge in [-0.25, -0.2) is 9.97 Å². The Morgan fingerprint density at radius 1 is 0.615 bits per heavy atom. The van der Waals surface area contributed by atoms with Crippen LogP contribution in [0, 0.1) is 6.92 Å². The summed E-state index contributed by atoms with van der Waals surface area (Å²) in [5, 5.41) is 0.713. The van der Waals surface area contributed by atoms with Crippen molar-refractivity contribution in [2.75, 3.05) is 0 Å². The second kappa shape index (κ2) is 7.11. The van der Waals surface area contributed by atoms with E-state index in [0.29, 0.717) is 5.02 Å². The van der Waals surface area contributed by atoms with Crippen molar-refractivity contribution in [1.29, 1.82) is 0 Å². The molecular weight excluding hydrogens is 340 g/mol. The maximum Gasteiger partial charge on any atom is 0.160 e. The van der Waals surface area contributed by atoms with Gasteiger partial charge in [0.1, 0.15) is 0 Å². The molecule has 1 aromatic heterocycles. The van der Waals surface area contributed by atoms with E-state index in [2.05, 4.69) is 43.3 Å². The summed E-state index contributed by atoms with van der Waals surface area (Å²) in [6.07, 6.45) is 0. The summed E-state index contributed by atoms with van der Waals surface area (Å²) >= 11 is 6.04. The Morgan fingerprint density at radius 3 is 1.77 bits per heavy atom. The van der Waals surface area contributed by atoms with Gasteiger partial charge in [0.05, 0.1) is 11.4 Å². The van der Waals surface area contributed by atoms with E-state index in [4.69, 9.17) is 21.6 Å². The maximum atomic E-state index is 6.04. The van der Waals surface area contributed by atoms with Gasteiger partial charge in [-0.3, -0.25) is 0 Å². The van der Waals surface area contributed by atoms with E-state index in [9.17, 15) is 0 Å². The smallest absolute Gasteiger partial charge is 0.160 e. The molecule has 26 heavy (non-hydrogen) atoms. The van der Waals surface area contributed by atoms with Crippen LogP contribution in [-0.2, 0) is 0 Å². The first kappa shape index (κ1) is 16.5. The van der Waals surface area contributed by atoms with Gasteiger partial charge >= 0.3 is 0 Å². The van der Waals surface area contributed by atoms with Crippen LogP contribution >= 0.6 is 11.6 Å². The average molecular weight is 357 g/mol. The molecule has 0 atom stereocenters. The second-order valence-corrected chi connectivity index (χ2v) is 6.64. The molecule has 1 heterocycles. The SMILES string of the molecule is Cc1ccc(-c2nc(-c3ccccc3)cc(-c3ccc(Cl)cc3)n2)cc1. The lowest BCUT2D eigenvalue weighted by atomic mass is 10.1. The Kier molecular flexibility index (Phi) is 4.51. The van der Waals surface area contributed by atoms with E-state index >= 15 is 0 Å². The molecule has 3 aromatic carbocycles. The molecule has 0 fully saturated rings. The van der Waals surface area contributed by atoms with E-state index in [-0.39, 0.29) is 0 Å². The molecule has 0 N–H and O–H groups in total. The van der Waals surface area contributed by atoms with Gasteiger partial charge < -0.3 is 0 Å². The number of hydrogen-bond donors (Lipinski definition) is 0. The van der Waals surface area contributed by atoms with Crippen molar-refractivity contribution in [2.45, 2.75) is 6.92 Å². The average Bonchev–Trinajstić information content (AvgIpc) is 2.69. The first-order chi connectivity index (χ1) is 12.7. The quantitative estimate of drug-likeness (QED) is 0.422. The lowest BCUT2D eigenvalue weighted by molar-refractivity contribution is 1.18. The minimum Gasteiger partial charge on any atom is -0.228 e. The summed E-state index contributed by atoms with van der Waals surface area (Å²) in [7, 11) is 0. The molecule has 0 saturated heterocycles. The summed E-state index contributed by atoms with van der Waals surface area (Å²) in [5.41, 5.74) is 6.09. The lowest BCUT2D eigenvalue weighted by Crippen LogP contribution is -1.95. The molecule has 0 saturated carbocycles. The predicted octanol–water partition coefficient (Wildman–Crippen LogP) is 6.44. The highest BCUT2D eigenvalue weighted by Gasteiger charge is 2.10. The molecule has 3 heteroatoms. The molecule has 0 aliphatic heterocycles. The number of nitrogens with zero attached hydrogens (tertiary/aromatic N) is 2. The molecule has 4 aromatic rings. The van der Waals surface area contributed by atoms with Crippen molar-refractivity contribution >= 4 is 11.6 Å². The minimum absolute atomic E-state index is 0.713. The normalized spacial score (nSPS) is 10.7. The summed E-state index contributed by atoms with van der Waals surface area (Å²) in [6, 6.07) is 28.2. The minimum atomic E-state index is 0.713. The van der Waals surface area contributed by atoms with Crippen LogP contribution in [0.5, 0.6) is 0 Å². The van der Waals surface area contributed by atoms with Gasteiger partial charge in [0.25, 0.3) is 0 Å². The van der Waals surface area contributed by atoms with E-state index < -0.39 is 0 Å². The number of hydrogen-bond acceptors (Lipinski definition) is 2. The maximum absolute atomic E-state index is 6.04. The second-order valence-electron chi connectivity index (χ2n) is 6.20. The van der Waals surface area contributed by atoms with Gasteiger partial charge in [-0.1, -0.05) is 83.9 Å². The third-order valence-corrected chi connectivity index (χ3v) is 4.50. The molecule has 0 bridgehead atoms. The van der Waals surface area contributed by atoms with Gasteiger partial charge in [-0.2, -0.15) is 0 Å². The Hall–Kier alpha value is -2.97. The number of benzene rings is 3. The van der Waals surface area contributed by atoms with Crippen LogP contribution in [-0.4, -0.2) is 9.97 Å². The molecule has 0 spiro atoms. The zero-order chi connectivity index (χ0) is 17.9. The third-order valence-electron chi connectivity index (χ3n) is 4.25. The molecule has 2 nitrogen and oxygen atoms in total. The van der Waals surface area contributed by atoms with Gasteiger partial charge in [-0.15, -0.1) is 0 Å². The molecule has 0 aliphatic carbocycles. The third kappa shape index (κ3) is 3.51. The largest absolute Gasteiger partial charge is 0.228 e. The standard InChI is InChI=1S/C23H17ClN2/c1-16-7-9-19(10-8-16)23-25-21(17-5-3-2-4-6-17)15-22(26-23)18-11-13-20(24)14-12-18/h2-15H,1H3. The summed E-state index contributed by atoms with van der Waals surface area (Å²) < 4.78 is 0. The van der Waals surface area contributed by atoms with Crippen LogP contribution in [0.15, 0.2) is 84.9 Å². The van der Waals surface area contributed by atoms with Crippen LogP contribution in [0.1, 0.15) is 5.56 Å². The van der Waals surface area contributed by atoms with Crippen LogP contribution in [0.2, 0.25) is 5.02 Å². The van der Waals surface area contributed by atoms with Crippen molar-refractivity contribution in [2.24, 2.45) is 0 Å². The summed E-state index contributed by atoms with van der Waals surface area (Å²) in [4.78, 5) is 9.61. The van der Waals surface area contributed by atoms with Gasteiger partial charge in [-0.05, 0) is 25.1 Å². The fourth-order valence-electron chi connectivity index (χ4n) is 2.80. The van der Waals surface area contributed by atoms with E-state index in [1.807, 2.05) is 48.5 Å². The fourth-order valence-corrected chi connectivity index (χ4v) is 2.93. The molecule has 4 rings (SSSR count). The van der Waals surface area contributed by atoms with E-state index in [1.54, 1.807) is 0 Å². The topological polar surface area (TPSA) is 25.8 Å². The summed E-state index contributed by atoms with van der Waals surface area (Å²) in [5.74, 6) is 0.719. The van der Waals surface area contributed by atoms with Crippen molar-refractivity contribution in [3.05, 3.63) is 95.5 Å². The van der Waals surface area contributed by atoms with Crippen molar-refractivity contribution in [3.63, 3.8) is 0 Å². The first-order valence-corrected chi connectivity index (χ1v) is 8.84. The predicted molar refractivity (Wildman–Crippen MR) is 108 cm³/mol. The monoisotopic (exact) mass is 356 g/mol. The van der Waals surface area contributed by atoms with Crippen LogP contribution in [0.25, 0.3) is 33.9 Å². The number of aromatic nitrogens is 2. The first-order valence-electron chi connectivity index (χ1n) is 8.46. The van der Waals surface area contributed by atoms with Gasteiger partial charge in [0, 0.05) is 21.7 Å². The Morgan fingerprint density at radius 2 is 1.15 bits per heavy atom. The zero-order valence-corrected chi connectivity index (χ0v) is 15.1. The van der Waals surface area contributed by atoms with E-state index in [0.717, 1.165) is 33.9 Å². The Balaban J connectivity index is 1.89. The van der Waals surface area contributed by atoms with E-state index in [1.165, 1.54) is 5.56 Å². The van der Waals surface area contributed by atoms with Crippen LogP contribution in [0.3, 0.4) is 0 Å². The fraction of sp³-hybridized carbons (Fsp3) is 0.0435. The number of halogens is 1. The molecule has 0 radical (unpaired) electrons. The number of rotatable bonds is 3. The Bertz CT molecular complexity index is 960.